The number of rotatable bonds is 2. The first kappa shape index (κ1) is 16.2. The summed E-state index contributed by atoms with van der Waals surface area (Å²) in [6.07, 6.45) is 1.39. The standard InChI is InChI=1S/C15H16ClFN2OS/c1-9-5-6-12(17)11-7-10(14(16)19-13(9)11)8-18-21(20)15(2,3)4/h5-8H,1-4H3/b18-8+. The minimum Gasteiger partial charge on any atom is -0.591 e. The zero-order valence-electron chi connectivity index (χ0n) is 12.3. The van der Waals surface area contributed by atoms with Crippen molar-refractivity contribution in [2.24, 2.45) is 4.40 Å². The molecule has 0 N–H and O–H groups in total. The number of nitrogens with zero attached hydrogens (tertiary/aromatic N) is 2. The Balaban J connectivity index is 2.49. The molecule has 1 aromatic carbocycles. The first-order chi connectivity index (χ1) is 9.70. The van der Waals surface area contributed by atoms with Gasteiger partial charge < -0.3 is 4.55 Å². The second-order valence-electron chi connectivity index (χ2n) is 5.72. The predicted molar refractivity (Wildman–Crippen MR) is 86.9 cm³/mol. The van der Waals surface area contributed by atoms with Crippen molar-refractivity contribution in [3.8, 4) is 0 Å². The summed E-state index contributed by atoms with van der Waals surface area (Å²) in [5.74, 6) is -0.369. The van der Waals surface area contributed by atoms with Gasteiger partial charge in [0.2, 0.25) is 0 Å². The Labute approximate surface area is 131 Å². The first-order valence-corrected chi connectivity index (χ1v) is 7.90. The molecule has 21 heavy (non-hydrogen) atoms. The number of pyridine rings is 1. The molecule has 0 aliphatic rings. The molecule has 6 heteroatoms. The van der Waals surface area contributed by atoms with Gasteiger partial charge in [-0.15, -0.1) is 0 Å². The smallest absolute Gasteiger partial charge is 0.144 e. The van der Waals surface area contributed by atoms with Crippen LogP contribution in [-0.4, -0.2) is 20.5 Å². The van der Waals surface area contributed by atoms with Crippen LogP contribution in [0.25, 0.3) is 10.9 Å². The van der Waals surface area contributed by atoms with Gasteiger partial charge in [0, 0.05) is 10.9 Å². The van der Waals surface area contributed by atoms with Crippen LogP contribution >= 0.6 is 11.6 Å². The average Bonchev–Trinajstić information content (AvgIpc) is 2.40. The molecule has 0 aliphatic carbocycles. The molecule has 0 amide bonds. The molecule has 1 atom stereocenters. The van der Waals surface area contributed by atoms with Gasteiger partial charge in [-0.1, -0.05) is 22.1 Å². The fourth-order valence-electron chi connectivity index (χ4n) is 1.71. The lowest BCUT2D eigenvalue weighted by Crippen LogP contribution is -2.25. The van der Waals surface area contributed by atoms with E-state index in [0.29, 0.717) is 16.5 Å². The van der Waals surface area contributed by atoms with E-state index < -0.39 is 16.1 Å². The number of hydrogen-bond donors (Lipinski definition) is 0. The van der Waals surface area contributed by atoms with Crippen LogP contribution in [0.1, 0.15) is 31.9 Å². The van der Waals surface area contributed by atoms with E-state index in [9.17, 15) is 8.94 Å². The predicted octanol–water partition coefficient (Wildman–Crippen LogP) is 4.22. The topological polar surface area (TPSA) is 48.3 Å². The van der Waals surface area contributed by atoms with Gasteiger partial charge >= 0.3 is 0 Å². The molecule has 1 heterocycles. The molecule has 1 aromatic heterocycles. The zero-order chi connectivity index (χ0) is 15.8. The Hall–Kier alpha value is -1.17. The maximum atomic E-state index is 13.9. The van der Waals surface area contributed by atoms with Gasteiger partial charge in [0.05, 0.1) is 11.7 Å². The highest BCUT2D eigenvalue weighted by molar-refractivity contribution is 7.91. The van der Waals surface area contributed by atoms with Gasteiger partial charge in [-0.3, -0.25) is 0 Å². The molecular weight excluding hydrogens is 311 g/mol. The maximum Gasteiger partial charge on any atom is 0.144 e. The van der Waals surface area contributed by atoms with Gasteiger partial charge in [0.25, 0.3) is 0 Å². The number of benzene rings is 1. The van der Waals surface area contributed by atoms with Crippen molar-refractivity contribution in [1.82, 2.24) is 4.98 Å². The van der Waals surface area contributed by atoms with E-state index >= 15 is 0 Å². The van der Waals surface area contributed by atoms with E-state index in [1.165, 1.54) is 12.3 Å². The summed E-state index contributed by atoms with van der Waals surface area (Å²) >= 11 is 4.70. The average molecular weight is 327 g/mol. The number of aromatic nitrogens is 1. The van der Waals surface area contributed by atoms with Crippen molar-refractivity contribution in [2.75, 3.05) is 0 Å². The van der Waals surface area contributed by atoms with Crippen molar-refractivity contribution in [3.05, 3.63) is 40.3 Å². The largest absolute Gasteiger partial charge is 0.591 e. The molecule has 0 bridgehead atoms. The van der Waals surface area contributed by atoms with E-state index in [4.69, 9.17) is 11.6 Å². The highest BCUT2D eigenvalue weighted by atomic mass is 35.5. The third-order valence-corrected chi connectivity index (χ3v) is 4.57. The number of hydrogen-bond acceptors (Lipinski definition) is 3. The monoisotopic (exact) mass is 326 g/mol. The SMILES string of the molecule is Cc1ccc(F)c2cc(/C=N/[S+]([O-])C(C)(C)C)c(Cl)nc12. The summed E-state index contributed by atoms with van der Waals surface area (Å²) in [6.45, 7) is 7.31. The summed E-state index contributed by atoms with van der Waals surface area (Å²) in [4.78, 5) is 4.21. The Bertz CT molecular complexity index is 713. The van der Waals surface area contributed by atoms with E-state index in [0.717, 1.165) is 5.56 Å². The Kier molecular flexibility index (Phi) is 4.56. The van der Waals surface area contributed by atoms with Crippen molar-refractivity contribution in [3.63, 3.8) is 0 Å². The van der Waals surface area contributed by atoms with Crippen LogP contribution in [0.4, 0.5) is 4.39 Å². The summed E-state index contributed by atoms with van der Waals surface area (Å²) in [6, 6.07) is 4.63. The Morgan fingerprint density at radius 2 is 2.05 bits per heavy atom. The minimum absolute atomic E-state index is 0.214. The van der Waals surface area contributed by atoms with Crippen LogP contribution in [0, 0.1) is 12.7 Å². The Morgan fingerprint density at radius 1 is 1.38 bits per heavy atom. The highest BCUT2D eigenvalue weighted by Crippen LogP contribution is 2.25. The van der Waals surface area contributed by atoms with Crippen LogP contribution in [-0.2, 0) is 11.4 Å². The normalized spacial score (nSPS) is 14.0. The van der Waals surface area contributed by atoms with Gasteiger partial charge in [-0.25, -0.2) is 9.37 Å². The molecule has 0 spiro atoms. The van der Waals surface area contributed by atoms with Crippen molar-refractivity contribution >= 4 is 40.1 Å². The molecule has 0 fully saturated rings. The zero-order valence-corrected chi connectivity index (χ0v) is 13.8. The van der Waals surface area contributed by atoms with Gasteiger partial charge in [-0.2, -0.15) is 0 Å². The minimum atomic E-state index is -1.40. The van der Waals surface area contributed by atoms with Crippen molar-refractivity contribution in [1.29, 1.82) is 0 Å². The summed E-state index contributed by atoms with van der Waals surface area (Å²) < 4.78 is 29.3. The third kappa shape index (κ3) is 3.54. The number of halogens is 2. The van der Waals surface area contributed by atoms with Crippen LogP contribution < -0.4 is 0 Å². The summed E-state index contributed by atoms with van der Waals surface area (Å²) in [7, 11) is 0. The molecule has 2 rings (SSSR count). The summed E-state index contributed by atoms with van der Waals surface area (Å²) in [5.41, 5.74) is 1.82. The van der Waals surface area contributed by atoms with Crippen molar-refractivity contribution in [2.45, 2.75) is 32.4 Å². The van der Waals surface area contributed by atoms with E-state index in [1.54, 1.807) is 12.1 Å². The quantitative estimate of drug-likeness (QED) is 0.471. The second kappa shape index (κ2) is 5.91. The van der Waals surface area contributed by atoms with Crippen LogP contribution in [0.3, 0.4) is 0 Å². The maximum absolute atomic E-state index is 13.9. The molecule has 3 nitrogen and oxygen atoms in total. The fourth-order valence-corrected chi connectivity index (χ4v) is 2.42. The lowest BCUT2D eigenvalue weighted by molar-refractivity contribution is 0.562. The fraction of sp³-hybridized carbons (Fsp3) is 0.333. The number of fused-ring (bicyclic) bond motifs is 1. The van der Waals surface area contributed by atoms with E-state index in [-0.39, 0.29) is 11.0 Å². The van der Waals surface area contributed by atoms with Gasteiger partial charge in [0.15, 0.2) is 0 Å². The van der Waals surface area contributed by atoms with Crippen LogP contribution in [0.15, 0.2) is 22.6 Å². The van der Waals surface area contributed by atoms with Crippen LogP contribution in [0.2, 0.25) is 5.15 Å². The Morgan fingerprint density at radius 3 is 2.67 bits per heavy atom. The molecule has 0 aliphatic heterocycles. The van der Waals surface area contributed by atoms with E-state index in [1.807, 2.05) is 27.7 Å². The molecular formula is C15H16ClFN2OS. The lowest BCUT2D eigenvalue weighted by atomic mass is 10.1. The van der Waals surface area contributed by atoms with Crippen molar-refractivity contribution < 1.29 is 8.94 Å². The molecule has 0 radical (unpaired) electrons. The molecule has 0 saturated heterocycles. The summed E-state index contributed by atoms with van der Waals surface area (Å²) in [5, 5.41) is 0.591. The molecule has 2 aromatic rings. The first-order valence-electron chi connectivity index (χ1n) is 6.41. The number of aryl methyl sites for hydroxylation is 1. The van der Waals surface area contributed by atoms with Gasteiger partial charge in [0.1, 0.15) is 27.1 Å². The third-order valence-electron chi connectivity index (χ3n) is 2.93. The molecule has 0 saturated carbocycles. The van der Waals surface area contributed by atoms with Crippen LogP contribution in [0.5, 0.6) is 0 Å². The molecule has 112 valence electrons. The lowest BCUT2D eigenvalue weighted by Gasteiger charge is -2.17. The second-order valence-corrected chi connectivity index (χ2v) is 8.02. The van der Waals surface area contributed by atoms with Gasteiger partial charge in [-0.05, 0) is 45.4 Å². The van der Waals surface area contributed by atoms with E-state index in [2.05, 4.69) is 9.38 Å². The highest BCUT2D eigenvalue weighted by Gasteiger charge is 2.26. The molecule has 1 unspecified atom stereocenters.